The number of hydrogen-bond donors (Lipinski definition) is 2. The number of aromatic nitrogens is 1. The lowest BCUT2D eigenvalue weighted by Crippen LogP contribution is -2.33. The Bertz CT molecular complexity index is 605. The minimum absolute atomic E-state index is 0.715. The average Bonchev–Trinajstić information content (AvgIpc) is 3.06. The monoisotopic (exact) mass is 284 g/mol. The number of hydrazine groups is 1. The van der Waals surface area contributed by atoms with Crippen molar-refractivity contribution in [1.29, 1.82) is 0 Å². The Hall–Kier alpha value is -1.65. The van der Waals surface area contributed by atoms with Gasteiger partial charge in [0, 0.05) is 23.5 Å². The molecular weight excluding hydrogens is 260 g/mol. The van der Waals surface area contributed by atoms with Crippen LogP contribution in [0.3, 0.4) is 0 Å². The smallest absolute Gasteiger partial charge is 0.145 e. The molecule has 4 heteroatoms. The molecule has 0 bridgehead atoms. The fourth-order valence-electron chi connectivity index (χ4n) is 3.39. The van der Waals surface area contributed by atoms with E-state index < -0.39 is 0 Å². The predicted octanol–water partition coefficient (Wildman–Crippen LogP) is 3.28. The number of nitrogens with one attached hydrogen (secondary N) is 1. The zero-order chi connectivity index (χ0) is 14.7. The Morgan fingerprint density at radius 1 is 1.29 bits per heavy atom. The second-order valence-corrected chi connectivity index (χ2v) is 5.83. The predicted molar refractivity (Wildman–Crippen MR) is 87.9 cm³/mol. The highest BCUT2D eigenvalue weighted by Crippen LogP contribution is 2.27. The Morgan fingerprint density at radius 2 is 2.05 bits per heavy atom. The van der Waals surface area contributed by atoms with Crippen molar-refractivity contribution in [3.05, 3.63) is 35.9 Å². The Kier molecular flexibility index (Phi) is 4.36. The molecule has 3 N–H and O–H groups in total. The largest absolute Gasteiger partial charge is 0.308 e. The molecule has 1 heterocycles. The first kappa shape index (κ1) is 14.3. The molecule has 1 aliphatic carbocycles. The van der Waals surface area contributed by atoms with Gasteiger partial charge in [-0.1, -0.05) is 38.0 Å². The highest BCUT2D eigenvalue weighted by atomic mass is 15.3. The molecule has 3 rings (SSSR count). The molecule has 0 aliphatic heterocycles. The Labute approximate surface area is 126 Å². The van der Waals surface area contributed by atoms with Gasteiger partial charge in [-0.05, 0) is 31.5 Å². The van der Waals surface area contributed by atoms with E-state index in [0.717, 1.165) is 24.4 Å². The zero-order valence-electron chi connectivity index (χ0n) is 12.7. The molecular formula is C17H24N4. The summed E-state index contributed by atoms with van der Waals surface area (Å²) in [5, 5.41) is 1.17. The molecule has 1 aliphatic rings. The van der Waals surface area contributed by atoms with E-state index in [0.29, 0.717) is 6.04 Å². The van der Waals surface area contributed by atoms with Gasteiger partial charge in [-0.15, -0.1) is 0 Å². The molecule has 0 saturated heterocycles. The zero-order valence-corrected chi connectivity index (χ0v) is 12.7. The van der Waals surface area contributed by atoms with Crippen molar-refractivity contribution >= 4 is 16.7 Å². The number of nitrogens with zero attached hydrogens (tertiary/aromatic N) is 2. The van der Waals surface area contributed by atoms with Crippen LogP contribution in [0.15, 0.2) is 30.3 Å². The van der Waals surface area contributed by atoms with Gasteiger partial charge in [-0.25, -0.2) is 10.8 Å². The van der Waals surface area contributed by atoms with Gasteiger partial charge < -0.3 is 5.43 Å². The van der Waals surface area contributed by atoms with Crippen LogP contribution in [0.5, 0.6) is 0 Å². The maximum Gasteiger partial charge on any atom is 0.145 e. The first-order valence-corrected chi connectivity index (χ1v) is 7.91. The van der Waals surface area contributed by atoms with Crippen LogP contribution >= 0.6 is 0 Å². The molecule has 21 heavy (non-hydrogen) atoms. The number of nitrogens with two attached hydrogens (primary N) is 1. The molecule has 1 aromatic heterocycles. The molecule has 0 spiro atoms. The van der Waals surface area contributed by atoms with Gasteiger partial charge >= 0.3 is 0 Å². The van der Waals surface area contributed by atoms with E-state index in [-0.39, 0.29) is 0 Å². The first-order chi connectivity index (χ1) is 10.3. The average molecular weight is 284 g/mol. The number of hydrogen-bond acceptors (Lipinski definition) is 4. The fraction of sp³-hybridized carbons (Fsp3) is 0.471. The van der Waals surface area contributed by atoms with E-state index >= 15 is 0 Å². The molecule has 112 valence electrons. The van der Waals surface area contributed by atoms with Gasteiger partial charge in [0.25, 0.3) is 0 Å². The van der Waals surface area contributed by atoms with Crippen LogP contribution in [-0.2, 0) is 6.54 Å². The van der Waals surface area contributed by atoms with Gasteiger partial charge in [-0.3, -0.25) is 4.90 Å². The number of benzene rings is 1. The summed E-state index contributed by atoms with van der Waals surface area (Å²) in [6, 6.07) is 11.1. The molecule has 1 aromatic carbocycles. The van der Waals surface area contributed by atoms with Gasteiger partial charge in [0.15, 0.2) is 0 Å². The van der Waals surface area contributed by atoms with Crippen molar-refractivity contribution in [3.8, 4) is 0 Å². The standard InChI is InChI=1S/C17H24N4/c1-2-21(15-8-4-5-9-15)12-14-11-13-7-3-6-10-16(13)19-17(14)20-18/h3,6-7,10-11,15H,2,4-5,8-9,12,18H2,1H3,(H,19,20). The van der Waals surface area contributed by atoms with Crippen LogP contribution in [-0.4, -0.2) is 22.5 Å². The van der Waals surface area contributed by atoms with Gasteiger partial charge in [0.2, 0.25) is 0 Å². The van der Waals surface area contributed by atoms with Crippen molar-refractivity contribution in [1.82, 2.24) is 9.88 Å². The number of anilines is 1. The quantitative estimate of drug-likeness (QED) is 0.653. The van der Waals surface area contributed by atoms with Crippen molar-refractivity contribution in [2.75, 3.05) is 12.0 Å². The van der Waals surface area contributed by atoms with Crippen molar-refractivity contribution in [2.45, 2.75) is 45.2 Å². The fourth-order valence-corrected chi connectivity index (χ4v) is 3.39. The third-order valence-electron chi connectivity index (χ3n) is 4.56. The topological polar surface area (TPSA) is 54.2 Å². The van der Waals surface area contributed by atoms with Gasteiger partial charge in [-0.2, -0.15) is 0 Å². The van der Waals surface area contributed by atoms with Crippen LogP contribution in [0.2, 0.25) is 0 Å². The molecule has 0 amide bonds. The van der Waals surface area contributed by atoms with Gasteiger partial charge in [0.1, 0.15) is 5.82 Å². The summed E-state index contributed by atoms with van der Waals surface area (Å²) >= 11 is 0. The van der Waals surface area contributed by atoms with E-state index in [4.69, 9.17) is 5.84 Å². The summed E-state index contributed by atoms with van der Waals surface area (Å²) in [4.78, 5) is 7.20. The van der Waals surface area contributed by atoms with E-state index in [2.05, 4.69) is 40.4 Å². The lowest BCUT2D eigenvalue weighted by atomic mass is 10.1. The second-order valence-electron chi connectivity index (χ2n) is 5.83. The third kappa shape index (κ3) is 3.01. The molecule has 1 fully saturated rings. The number of rotatable bonds is 5. The van der Waals surface area contributed by atoms with Crippen molar-refractivity contribution in [2.24, 2.45) is 5.84 Å². The molecule has 0 atom stereocenters. The van der Waals surface area contributed by atoms with E-state index in [1.807, 2.05) is 12.1 Å². The van der Waals surface area contributed by atoms with Crippen LogP contribution in [0.1, 0.15) is 38.2 Å². The summed E-state index contributed by atoms with van der Waals surface area (Å²) in [7, 11) is 0. The first-order valence-electron chi connectivity index (χ1n) is 7.91. The lowest BCUT2D eigenvalue weighted by molar-refractivity contribution is 0.200. The van der Waals surface area contributed by atoms with Crippen LogP contribution in [0.25, 0.3) is 10.9 Å². The normalized spacial score (nSPS) is 16.0. The van der Waals surface area contributed by atoms with E-state index in [1.54, 1.807) is 0 Å². The highest BCUT2D eigenvalue weighted by Gasteiger charge is 2.22. The van der Waals surface area contributed by atoms with Gasteiger partial charge in [0.05, 0.1) is 5.52 Å². The third-order valence-corrected chi connectivity index (χ3v) is 4.56. The minimum atomic E-state index is 0.715. The van der Waals surface area contributed by atoms with E-state index in [1.165, 1.54) is 36.6 Å². The summed E-state index contributed by atoms with van der Waals surface area (Å²) in [6.45, 7) is 4.22. The van der Waals surface area contributed by atoms with Crippen molar-refractivity contribution in [3.63, 3.8) is 0 Å². The van der Waals surface area contributed by atoms with Crippen molar-refractivity contribution < 1.29 is 0 Å². The van der Waals surface area contributed by atoms with Crippen LogP contribution < -0.4 is 11.3 Å². The summed E-state index contributed by atoms with van der Waals surface area (Å²) in [5.74, 6) is 6.48. The molecule has 2 aromatic rings. The summed E-state index contributed by atoms with van der Waals surface area (Å²) in [6.07, 6.45) is 5.36. The number of pyridine rings is 1. The summed E-state index contributed by atoms with van der Waals surface area (Å²) < 4.78 is 0. The molecule has 0 unspecified atom stereocenters. The Balaban J connectivity index is 1.90. The maximum atomic E-state index is 5.68. The van der Waals surface area contributed by atoms with E-state index in [9.17, 15) is 0 Å². The summed E-state index contributed by atoms with van der Waals surface area (Å²) in [5.41, 5.74) is 4.94. The highest BCUT2D eigenvalue weighted by molar-refractivity contribution is 5.81. The maximum absolute atomic E-state index is 5.68. The SMILES string of the molecule is CCN(Cc1cc2ccccc2nc1NN)C1CCCC1. The number of para-hydroxylation sites is 1. The lowest BCUT2D eigenvalue weighted by Gasteiger charge is -2.28. The van der Waals surface area contributed by atoms with Crippen LogP contribution in [0.4, 0.5) is 5.82 Å². The number of fused-ring (bicyclic) bond motifs is 1. The van der Waals surface area contributed by atoms with Crippen LogP contribution in [0, 0.1) is 0 Å². The minimum Gasteiger partial charge on any atom is -0.308 e. The molecule has 0 radical (unpaired) electrons. The molecule has 1 saturated carbocycles. The Morgan fingerprint density at radius 3 is 2.76 bits per heavy atom. The molecule has 4 nitrogen and oxygen atoms in total. The number of nitrogen functional groups attached to an aromatic ring is 1. The second kappa shape index (κ2) is 6.41.